The molecule has 0 unspecified atom stereocenters. The molecule has 0 bridgehead atoms. The molecule has 2 heterocycles. The lowest BCUT2D eigenvalue weighted by molar-refractivity contribution is 0.670. The second kappa shape index (κ2) is 5.87. The zero-order valence-electron chi connectivity index (χ0n) is 13.2. The summed E-state index contributed by atoms with van der Waals surface area (Å²) >= 11 is 5.29. The predicted octanol–water partition coefficient (Wildman–Crippen LogP) is 7.74. The van der Waals surface area contributed by atoms with Gasteiger partial charge in [0.05, 0.1) is 0 Å². The molecule has 25 heavy (non-hydrogen) atoms. The molecule has 0 fully saturated rings. The van der Waals surface area contributed by atoms with E-state index < -0.39 is 0 Å². The van der Waals surface area contributed by atoms with Crippen molar-refractivity contribution in [3.63, 3.8) is 0 Å². The van der Waals surface area contributed by atoms with Crippen molar-refractivity contribution >= 4 is 49.2 Å². The first-order valence-electron chi connectivity index (χ1n) is 8.06. The molecule has 0 aliphatic carbocycles. The van der Waals surface area contributed by atoms with Crippen molar-refractivity contribution in [2.24, 2.45) is 0 Å². The van der Waals surface area contributed by atoms with E-state index in [0.717, 1.165) is 21.2 Å². The molecular weight excluding hydrogens is 392 g/mol. The first-order valence-corrected chi connectivity index (χ1v) is 9.67. The predicted molar refractivity (Wildman–Crippen MR) is 110 cm³/mol. The van der Waals surface area contributed by atoms with Crippen molar-refractivity contribution in [2.45, 2.75) is 0 Å². The highest BCUT2D eigenvalue weighted by molar-refractivity contribution is 9.10. The Bertz CT molecular complexity index is 1200. The summed E-state index contributed by atoms with van der Waals surface area (Å²) in [7, 11) is 0. The number of benzene rings is 3. The van der Waals surface area contributed by atoms with Crippen molar-refractivity contribution in [1.82, 2.24) is 0 Å². The molecule has 0 N–H and O–H groups in total. The standard InChI is InChI=1S/C22H13BrOS/c23-15-10-8-14(9-11-15)20-12-13-21(25-20)18-6-3-5-17-16-4-1-2-7-19(16)24-22(17)18/h1-13H. The van der Waals surface area contributed by atoms with E-state index >= 15 is 0 Å². The molecule has 0 aliphatic rings. The third kappa shape index (κ3) is 2.51. The molecule has 5 rings (SSSR count). The van der Waals surface area contributed by atoms with Crippen molar-refractivity contribution in [2.75, 3.05) is 0 Å². The fourth-order valence-electron chi connectivity index (χ4n) is 3.19. The minimum absolute atomic E-state index is 0.939. The normalized spacial score (nSPS) is 11.4. The summed E-state index contributed by atoms with van der Waals surface area (Å²) in [5, 5.41) is 2.34. The van der Waals surface area contributed by atoms with Gasteiger partial charge in [-0.1, -0.05) is 58.4 Å². The van der Waals surface area contributed by atoms with Gasteiger partial charge in [0, 0.05) is 30.6 Å². The summed E-state index contributed by atoms with van der Waals surface area (Å²) in [5.41, 5.74) is 4.29. The van der Waals surface area contributed by atoms with Gasteiger partial charge in [-0.3, -0.25) is 0 Å². The monoisotopic (exact) mass is 404 g/mol. The Labute approximate surface area is 157 Å². The number of thiophene rings is 1. The van der Waals surface area contributed by atoms with Crippen LogP contribution in [0.1, 0.15) is 0 Å². The number of hydrogen-bond donors (Lipinski definition) is 0. The SMILES string of the molecule is Brc1ccc(-c2ccc(-c3cccc4c3oc3ccccc34)s2)cc1. The fourth-order valence-corrected chi connectivity index (χ4v) is 4.49. The molecule has 0 atom stereocenters. The summed E-state index contributed by atoms with van der Waals surface area (Å²) in [4.78, 5) is 2.48. The first kappa shape index (κ1) is 14.9. The summed E-state index contributed by atoms with van der Waals surface area (Å²) in [6.07, 6.45) is 0. The number of hydrogen-bond acceptors (Lipinski definition) is 2. The van der Waals surface area contributed by atoms with E-state index in [2.05, 4.69) is 82.7 Å². The summed E-state index contributed by atoms with van der Waals surface area (Å²) < 4.78 is 7.27. The average molecular weight is 405 g/mol. The van der Waals surface area contributed by atoms with Gasteiger partial charge >= 0.3 is 0 Å². The van der Waals surface area contributed by atoms with E-state index in [1.54, 1.807) is 11.3 Å². The third-order valence-electron chi connectivity index (χ3n) is 4.40. The van der Waals surface area contributed by atoms with Crippen LogP contribution in [0.5, 0.6) is 0 Å². The Hall–Kier alpha value is -2.36. The van der Waals surface area contributed by atoms with Crippen LogP contribution in [0.3, 0.4) is 0 Å². The van der Waals surface area contributed by atoms with Gasteiger partial charge < -0.3 is 4.42 Å². The van der Waals surface area contributed by atoms with Crippen molar-refractivity contribution < 1.29 is 4.42 Å². The van der Waals surface area contributed by atoms with E-state index in [4.69, 9.17) is 4.42 Å². The number of para-hydroxylation sites is 2. The maximum Gasteiger partial charge on any atom is 0.144 e. The molecular formula is C22H13BrOS. The van der Waals surface area contributed by atoms with Crippen LogP contribution in [-0.4, -0.2) is 0 Å². The molecule has 0 radical (unpaired) electrons. The number of furan rings is 1. The van der Waals surface area contributed by atoms with Crippen LogP contribution in [0.2, 0.25) is 0 Å². The van der Waals surface area contributed by atoms with Crippen molar-refractivity contribution in [3.8, 4) is 20.9 Å². The van der Waals surface area contributed by atoms with Gasteiger partial charge in [0.15, 0.2) is 0 Å². The van der Waals surface area contributed by atoms with Gasteiger partial charge in [-0.05, 0) is 42.0 Å². The molecule has 0 spiro atoms. The van der Waals surface area contributed by atoms with E-state index in [1.165, 1.54) is 26.1 Å². The molecule has 0 saturated carbocycles. The van der Waals surface area contributed by atoms with Crippen LogP contribution >= 0.6 is 27.3 Å². The van der Waals surface area contributed by atoms with Gasteiger partial charge in [0.25, 0.3) is 0 Å². The van der Waals surface area contributed by atoms with E-state index in [9.17, 15) is 0 Å². The van der Waals surface area contributed by atoms with E-state index in [-0.39, 0.29) is 0 Å². The average Bonchev–Trinajstić information content (AvgIpc) is 3.27. The van der Waals surface area contributed by atoms with Gasteiger partial charge in [-0.2, -0.15) is 0 Å². The van der Waals surface area contributed by atoms with Gasteiger partial charge in [-0.25, -0.2) is 0 Å². The quantitative estimate of drug-likeness (QED) is 0.293. The summed E-state index contributed by atoms with van der Waals surface area (Å²) in [5.74, 6) is 0. The van der Waals surface area contributed by atoms with Crippen LogP contribution < -0.4 is 0 Å². The highest BCUT2D eigenvalue weighted by Gasteiger charge is 2.13. The molecule has 0 aliphatic heterocycles. The molecule has 3 heteroatoms. The maximum absolute atomic E-state index is 6.17. The molecule has 5 aromatic rings. The number of fused-ring (bicyclic) bond motifs is 3. The highest BCUT2D eigenvalue weighted by Crippen LogP contribution is 2.40. The largest absolute Gasteiger partial charge is 0.455 e. The summed E-state index contributed by atoms with van der Waals surface area (Å²) in [6.45, 7) is 0. The molecule has 120 valence electrons. The lowest BCUT2D eigenvalue weighted by Crippen LogP contribution is -1.73. The molecule has 3 aromatic carbocycles. The second-order valence-corrected chi connectivity index (χ2v) is 7.95. The molecule has 0 amide bonds. The minimum Gasteiger partial charge on any atom is -0.455 e. The Balaban J connectivity index is 1.67. The van der Waals surface area contributed by atoms with Crippen LogP contribution in [0.4, 0.5) is 0 Å². The Kier molecular flexibility index (Phi) is 3.51. The van der Waals surface area contributed by atoms with Crippen molar-refractivity contribution in [1.29, 1.82) is 0 Å². The lowest BCUT2D eigenvalue weighted by atomic mass is 10.1. The lowest BCUT2D eigenvalue weighted by Gasteiger charge is -1.99. The number of halogens is 1. The molecule has 1 nitrogen and oxygen atoms in total. The van der Waals surface area contributed by atoms with Crippen LogP contribution in [-0.2, 0) is 0 Å². The van der Waals surface area contributed by atoms with Crippen molar-refractivity contribution in [3.05, 3.63) is 83.3 Å². The second-order valence-electron chi connectivity index (χ2n) is 5.95. The highest BCUT2D eigenvalue weighted by atomic mass is 79.9. The Morgan fingerprint density at radius 1 is 0.680 bits per heavy atom. The zero-order valence-corrected chi connectivity index (χ0v) is 15.6. The molecule has 0 saturated heterocycles. The van der Waals surface area contributed by atoms with Gasteiger partial charge in [-0.15, -0.1) is 11.3 Å². The third-order valence-corrected chi connectivity index (χ3v) is 6.10. The van der Waals surface area contributed by atoms with Crippen LogP contribution in [0.25, 0.3) is 42.8 Å². The minimum atomic E-state index is 0.939. The van der Waals surface area contributed by atoms with Crippen LogP contribution in [0, 0.1) is 0 Å². The van der Waals surface area contributed by atoms with E-state index in [0.29, 0.717) is 0 Å². The maximum atomic E-state index is 6.17. The van der Waals surface area contributed by atoms with Crippen LogP contribution in [0.15, 0.2) is 87.8 Å². The molecule has 2 aromatic heterocycles. The zero-order chi connectivity index (χ0) is 16.8. The van der Waals surface area contributed by atoms with Gasteiger partial charge in [0.2, 0.25) is 0 Å². The van der Waals surface area contributed by atoms with Gasteiger partial charge in [0.1, 0.15) is 11.2 Å². The summed E-state index contributed by atoms with van der Waals surface area (Å²) in [6, 6.07) is 27.4. The first-order chi connectivity index (χ1) is 12.3. The van der Waals surface area contributed by atoms with E-state index in [1.807, 2.05) is 12.1 Å². The number of rotatable bonds is 2. The topological polar surface area (TPSA) is 13.1 Å². The smallest absolute Gasteiger partial charge is 0.144 e. The Morgan fingerprint density at radius 2 is 1.44 bits per heavy atom. The Morgan fingerprint density at radius 3 is 2.32 bits per heavy atom. The fraction of sp³-hybridized carbons (Fsp3) is 0.